The van der Waals surface area contributed by atoms with E-state index in [0.717, 1.165) is 30.2 Å². The first kappa shape index (κ1) is 40.5. The SMILES string of the molecule is COc1ccc([C@@]23C(=O)N(Nc4ccc(Cl)cc4Cl)C(=O)[C@@H]2C[C@@H]2C(=CC[C@@H]4C(=O)N(C5CCN(Cc6ccccc6)CC5)C(=O)[C@@H]42)[C@@H]3c2cc(Br)c(O)c(OC)c2)cc1. The Bertz CT molecular complexity index is 2430. The number of likely N-dealkylation sites (tertiary alicyclic amines) is 2. The fourth-order valence-electron chi connectivity index (χ4n) is 10.7. The highest BCUT2D eigenvalue weighted by molar-refractivity contribution is 9.10. The van der Waals surface area contributed by atoms with Gasteiger partial charge in [0, 0.05) is 36.6 Å². The molecule has 14 heteroatoms. The van der Waals surface area contributed by atoms with Gasteiger partial charge >= 0.3 is 0 Å². The van der Waals surface area contributed by atoms with Gasteiger partial charge in [-0.3, -0.25) is 34.4 Å². The van der Waals surface area contributed by atoms with Crippen molar-refractivity contribution in [3.8, 4) is 17.2 Å². The van der Waals surface area contributed by atoms with E-state index in [2.05, 4.69) is 38.4 Å². The molecule has 0 spiro atoms. The molecule has 3 heterocycles. The molecule has 3 aliphatic heterocycles. The third-order valence-electron chi connectivity index (χ3n) is 13.4. The van der Waals surface area contributed by atoms with Crippen molar-refractivity contribution in [1.82, 2.24) is 14.8 Å². The number of methoxy groups -OCH3 is 2. The van der Waals surface area contributed by atoms with Gasteiger partial charge in [-0.1, -0.05) is 77.3 Å². The van der Waals surface area contributed by atoms with Gasteiger partial charge in [0.2, 0.25) is 11.8 Å². The summed E-state index contributed by atoms with van der Waals surface area (Å²) in [6, 6.07) is 25.3. The third kappa shape index (κ3) is 6.49. The van der Waals surface area contributed by atoms with Crippen LogP contribution in [0.15, 0.2) is 101 Å². The number of phenolic OH excluding ortho intramolecular Hbond substituents is 1. The molecule has 310 valence electrons. The second-order valence-corrected chi connectivity index (χ2v) is 18.0. The molecule has 6 atom stereocenters. The van der Waals surface area contributed by atoms with Crippen LogP contribution in [0.5, 0.6) is 17.2 Å². The number of anilines is 1. The van der Waals surface area contributed by atoms with Crippen molar-refractivity contribution in [2.75, 3.05) is 32.7 Å². The molecule has 0 unspecified atom stereocenters. The van der Waals surface area contributed by atoms with E-state index in [9.17, 15) is 14.7 Å². The van der Waals surface area contributed by atoms with Gasteiger partial charge in [-0.2, -0.15) is 5.01 Å². The van der Waals surface area contributed by atoms with Crippen LogP contribution in [0.3, 0.4) is 0 Å². The summed E-state index contributed by atoms with van der Waals surface area (Å²) in [5, 5.41) is 12.6. The number of amides is 4. The number of hydrogen-bond acceptors (Lipinski definition) is 9. The first-order valence-corrected chi connectivity index (χ1v) is 21.6. The molecule has 0 radical (unpaired) electrons. The zero-order valence-electron chi connectivity index (χ0n) is 32.9. The number of rotatable bonds is 9. The van der Waals surface area contributed by atoms with Crippen LogP contribution in [-0.4, -0.2) is 76.9 Å². The highest BCUT2D eigenvalue weighted by Crippen LogP contribution is 2.65. The van der Waals surface area contributed by atoms with Crippen molar-refractivity contribution in [3.63, 3.8) is 0 Å². The van der Waals surface area contributed by atoms with Crippen LogP contribution < -0.4 is 14.9 Å². The molecule has 4 aromatic carbocycles. The van der Waals surface area contributed by atoms with Crippen LogP contribution >= 0.6 is 39.1 Å². The number of nitrogens with zero attached hydrogens (tertiary/aromatic N) is 3. The Morgan fingerprint density at radius 3 is 2.28 bits per heavy atom. The maximum atomic E-state index is 15.6. The molecular weight excluding hydrogens is 871 g/mol. The standard InChI is InChI=1S/C46H43BrCl2N4O7/c1-59-30-11-8-27(9-12-30)46-34(43(56)53(45(46)58)50-37-15-10-28(48)22-36(37)49)23-33-31(40(46)26-20-35(47)41(54)38(21-26)60-2)13-14-32-39(33)44(57)52(42(32)55)29-16-18-51(19-17-29)24-25-6-4-3-5-7-25/h3-13,15,20-22,29,32-34,39-40,50,54H,14,16-19,23-24H2,1-2H3/t32-,33+,34-,39-,40-,46+/m0/s1. The smallest absolute Gasteiger partial charge is 0.260 e. The van der Waals surface area contributed by atoms with E-state index in [-0.39, 0.29) is 40.8 Å². The average molecular weight is 915 g/mol. The van der Waals surface area contributed by atoms with E-state index in [1.54, 1.807) is 55.6 Å². The zero-order chi connectivity index (χ0) is 42.0. The van der Waals surface area contributed by atoms with E-state index in [1.165, 1.54) is 23.6 Å². The minimum absolute atomic E-state index is 0.127. The van der Waals surface area contributed by atoms with Gasteiger partial charge in [-0.15, -0.1) is 0 Å². The molecule has 4 amide bonds. The van der Waals surface area contributed by atoms with E-state index in [1.807, 2.05) is 24.3 Å². The molecule has 1 saturated carbocycles. The first-order valence-electron chi connectivity index (χ1n) is 20.1. The largest absolute Gasteiger partial charge is 0.503 e. The molecule has 60 heavy (non-hydrogen) atoms. The molecule has 0 bridgehead atoms. The van der Waals surface area contributed by atoms with Crippen molar-refractivity contribution >= 4 is 68.4 Å². The first-order chi connectivity index (χ1) is 29.0. The van der Waals surface area contributed by atoms with Gasteiger partial charge < -0.3 is 14.6 Å². The Morgan fingerprint density at radius 1 is 0.867 bits per heavy atom. The van der Waals surface area contributed by atoms with Gasteiger partial charge in [0.15, 0.2) is 11.5 Å². The third-order valence-corrected chi connectivity index (χ3v) is 14.5. The summed E-state index contributed by atoms with van der Waals surface area (Å²) in [6.45, 7) is 2.31. The van der Waals surface area contributed by atoms with E-state index in [0.29, 0.717) is 51.3 Å². The van der Waals surface area contributed by atoms with E-state index >= 15 is 9.59 Å². The van der Waals surface area contributed by atoms with Crippen LogP contribution in [0.2, 0.25) is 10.0 Å². The molecule has 11 nitrogen and oxygen atoms in total. The molecule has 9 rings (SSSR count). The molecule has 5 aliphatic rings. The number of hydrogen-bond donors (Lipinski definition) is 2. The van der Waals surface area contributed by atoms with Crippen LogP contribution in [0.1, 0.15) is 48.3 Å². The Labute approximate surface area is 366 Å². The van der Waals surface area contributed by atoms with Crippen LogP contribution in [0, 0.1) is 23.7 Å². The zero-order valence-corrected chi connectivity index (χ0v) is 36.0. The van der Waals surface area contributed by atoms with Crippen molar-refractivity contribution < 1.29 is 33.8 Å². The molecule has 2 N–H and O–H groups in total. The maximum absolute atomic E-state index is 15.6. The number of imide groups is 2. The van der Waals surface area contributed by atoms with Crippen molar-refractivity contribution in [1.29, 1.82) is 0 Å². The number of nitrogens with one attached hydrogen (secondary N) is 1. The Kier molecular flexibility index (Phi) is 10.7. The summed E-state index contributed by atoms with van der Waals surface area (Å²) in [6.07, 6.45) is 3.79. The van der Waals surface area contributed by atoms with Gasteiger partial charge in [-0.25, -0.2) is 0 Å². The average Bonchev–Trinajstić information content (AvgIpc) is 3.63. The van der Waals surface area contributed by atoms with Crippen LogP contribution in [0.25, 0.3) is 0 Å². The predicted octanol–water partition coefficient (Wildman–Crippen LogP) is 8.13. The van der Waals surface area contributed by atoms with Gasteiger partial charge in [0.1, 0.15) is 5.75 Å². The molecule has 0 aromatic heterocycles. The van der Waals surface area contributed by atoms with E-state index in [4.69, 9.17) is 32.7 Å². The number of carbonyl (C=O) groups is 4. The van der Waals surface area contributed by atoms with Gasteiger partial charge in [0.25, 0.3) is 11.8 Å². The summed E-state index contributed by atoms with van der Waals surface area (Å²) >= 11 is 16.3. The topological polar surface area (TPSA) is 129 Å². The quantitative estimate of drug-likeness (QED) is 0.126. The number of phenols is 1. The van der Waals surface area contributed by atoms with Crippen LogP contribution in [0.4, 0.5) is 5.69 Å². The second kappa shape index (κ2) is 15.9. The summed E-state index contributed by atoms with van der Waals surface area (Å²) in [5.41, 5.74) is 4.91. The molecular formula is C46H43BrCl2N4O7. The van der Waals surface area contributed by atoms with Crippen LogP contribution in [-0.2, 0) is 31.1 Å². The number of allylic oxidation sites excluding steroid dienone is 2. The second-order valence-electron chi connectivity index (χ2n) is 16.3. The number of carbonyl (C=O) groups excluding carboxylic acids is 4. The number of hydrazine groups is 1. The van der Waals surface area contributed by atoms with E-state index < -0.39 is 46.8 Å². The Hall–Kier alpha value is -4.88. The highest BCUT2D eigenvalue weighted by Gasteiger charge is 2.70. The fourth-order valence-corrected chi connectivity index (χ4v) is 11.6. The molecule has 4 aromatic rings. The summed E-state index contributed by atoms with van der Waals surface area (Å²) in [7, 11) is 2.99. The molecule has 3 saturated heterocycles. The normalized spacial score (nSPS) is 26.8. The Balaban J connectivity index is 1.14. The number of halogens is 3. The number of ether oxygens (including phenoxy) is 2. The predicted molar refractivity (Wildman–Crippen MR) is 230 cm³/mol. The highest BCUT2D eigenvalue weighted by atomic mass is 79.9. The van der Waals surface area contributed by atoms with Gasteiger partial charge in [-0.05, 0) is 107 Å². The summed E-state index contributed by atoms with van der Waals surface area (Å²) in [5.74, 6) is -4.55. The number of piperidine rings is 1. The summed E-state index contributed by atoms with van der Waals surface area (Å²) in [4.78, 5) is 64.0. The lowest BCUT2D eigenvalue weighted by Crippen LogP contribution is -2.53. The van der Waals surface area contributed by atoms with Crippen molar-refractivity contribution in [2.45, 2.75) is 49.6 Å². The monoisotopic (exact) mass is 912 g/mol. The summed E-state index contributed by atoms with van der Waals surface area (Å²) < 4.78 is 11.5. The maximum Gasteiger partial charge on any atom is 0.260 e. The fraction of sp³-hybridized carbons (Fsp3) is 0.348. The lowest BCUT2D eigenvalue weighted by molar-refractivity contribution is -0.144. The number of aromatic hydroxyl groups is 1. The number of benzene rings is 4. The number of fused-ring (bicyclic) bond motifs is 4. The lowest BCUT2D eigenvalue weighted by atomic mass is 9.49. The van der Waals surface area contributed by atoms with Crippen molar-refractivity contribution in [3.05, 3.63) is 128 Å². The molecule has 2 aliphatic carbocycles. The minimum atomic E-state index is -1.57. The Morgan fingerprint density at radius 2 is 1.60 bits per heavy atom. The lowest BCUT2D eigenvalue weighted by Gasteiger charge is -2.50. The van der Waals surface area contributed by atoms with Crippen molar-refractivity contribution in [2.24, 2.45) is 23.7 Å². The molecule has 4 fully saturated rings. The minimum Gasteiger partial charge on any atom is -0.503 e. The van der Waals surface area contributed by atoms with Gasteiger partial charge in [0.05, 0.1) is 52.6 Å².